The highest BCUT2D eigenvalue weighted by atomic mass is 32.2. The Morgan fingerprint density at radius 2 is 2.35 bits per heavy atom. The van der Waals surface area contributed by atoms with Crippen molar-refractivity contribution in [2.75, 3.05) is 25.9 Å². The van der Waals surface area contributed by atoms with Crippen molar-refractivity contribution in [1.29, 1.82) is 0 Å². The zero-order valence-electron chi connectivity index (χ0n) is 10.0. The molecular formula is C13H18N2OS. The number of nitrogens with one attached hydrogen (secondary N) is 2. The Morgan fingerprint density at radius 1 is 1.53 bits per heavy atom. The Bertz CT molecular complexity index is 389. The quantitative estimate of drug-likeness (QED) is 0.800. The van der Waals surface area contributed by atoms with Gasteiger partial charge in [-0.15, -0.1) is 11.8 Å². The molecule has 0 radical (unpaired) electrons. The molecule has 4 heteroatoms. The highest BCUT2D eigenvalue weighted by Crippen LogP contribution is 2.19. The minimum Gasteiger partial charge on any atom is -0.352 e. The molecule has 0 aliphatic carbocycles. The molecule has 92 valence electrons. The molecule has 1 saturated heterocycles. The molecule has 0 bridgehead atoms. The van der Waals surface area contributed by atoms with Crippen LogP contribution in [-0.2, 0) is 0 Å². The summed E-state index contributed by atoms with van der Waals surface area (Å²) in [5.74, 6) is 0.627. The third-order valence-corrected chi connectivity index (χ3v) is 3.86. The van der Waals surface area contributed by atoms with Crippen LogP contribution in [0.25, 0.3) is 0 Å². The van der Waals surface area contributed by atoms with Gasteiger partial charge in [-0.1, -0.05) is 12.1 Å². The van der Waals surface area contributed by atoms with Crippen LogP contribution >= 0.6 is 11.8 Å². The molecule has 1 unspecified atom stereocenters. The second-order valence-corrected chi connectivity index (χ2v) is 5.12. The lowest BCUT2D eigenvalue weighted by molar-refractivity contribution is 0.0945. The van der Waals surface area contributed by atoms with Crippen LogP contribution in [0, 0.1) is 5.92 Å². The number of rotatable bonds is 4. The van der Waals surface area contributed by atoms with Crippen molar-refractivity contribution in [2.24, 2.45) is 5.92 Å². The second-order valence-electron chi connectivity index (χ2n) is 4.27. The van der Waals surface area contributed by atoms with Crippen LogP contribution in [0.5, 0.6) is 0 Å². The van der Waals surface area contributed by atoms with Crippen molar-refractivity contribution in [1.82, 2.24) is 10.6 Å². The Balaban J connectivity index is 1.94. The fraction of sp³-hybridized carbons (Fsp3) is 0.462. The second kappa shape index (κ2) is 6.07. The normalized spacial score (nSPS) is 19.2. The fourth-order valence-electron chi connectivity index (χ4n) is 2.05. The van der Waals surface area contributed by atoms with Crippen LogP contribution in [0.1, 0.15) is 16.8 Å². The summed E-state index contributed by atoms with van der Waals surface area (Å²) in [4.78, 5) is 13.1. The summed E-state index contributed by atoms with van der Waals surface area (Å²) >= 11 is 1.61. The molecule has 0 saturated carbocycles. The fourth-order valence-corrected chi connectivity index (χ4v) is 2.65. The molecule has 1 atom stereocenters. The number of hydrogen-bond acceptors (Lipinski definition) is 3. The largest absolute Gasteiger partial charge is 0.352 e. The maximum Gasteiger partial charge on any atom is 0.252 e. The predicted octanol–water partition coefficient (Wildman–Crippen LogP) is 1.75. The number of carbonyl (C=O) groups is 1. The lowest BCUT2D eigenvalue weighted by Gasteiger charge is -2.11. The molecule has 0 aromatic heterocycles. The molecular weight excluding hydrogens is 232 g/mol. The highest BCUT2D eigenvalue weighted by Gasteiger charge is 2.16. The molecule has 1 aliphatic heterocycles. The number of hydrogen-bond donors (Lipinski definition) is 2. The van der Waals surface area contributed by atoms with Gasteiger partial charge in [0.25, 0.3) is 5.91 Å². The zero-order chi connectivity index (χ0) is 12.1. The van der Waals surface area contributed by atoms with E-state index in [1.165, 1.54) is 0 Å². The summed E-state index contributed by atoms with van der Waals surface area (Å²) in [6.07, 6.45) is 3.15. The summed E-state index contributed by atoms with van der Waals surface area (Å²) < 4.78 is 0. The van der Waals surface area contributed by atoms with Gasteiger partial charge in [0.2, 0.25) is 0 Å². The molecule has 1 aromatic rings. The first-order valence-corrected chi connectivity index (χ1v) is 7.15. The third kappa shape index (κ3) is 3.23. The van der Waals surface area contributed by atoms with Gasteiger partial charge in [0.05, 0.1) is 5.56 Å². The van der Waals surface area contributed by atoms with Crippen LogP contribution in [0.3, 0.4) is 0 Å². The van der Waals surface area contributed by atoms with Crippen molar-refractivity contribution in [2.45, 2.75) is 11.3 Å². The SMILES string of the molecule is CSc1ccccc1C(=O)NCC1CCNC1. The summed E-state index contributed by atoms with van der Waals surface area (Å²) in [7, 11) is 0. The maximum absolute atomic E-state index is 12.0. The zero-order valence-corrected chi connectivity index (χ0v) is 10.8. The third-order valence-electron chi connectivity index (χ3n) is 3.07. The van der Waals surface area contributed by atoms with Crippen LogP contribution in [0.4, 0.5) is 0 Å². The molecule has 1 fully saturated rings. The Kier molecular flexibility index (Phi) is 4.45. The van der Waals surface area contributed by atoms with Gasteiger partial charge in [0.1, 0.15) is 0 Å². The van der Waals surface area contributed by atoms with Gasteiger partial charge in [0, 0.05) is 11.4 Å². The topological polar surface area (TPSA) is 41.1 Å². The van der Waals surface area contributed by atoms with Gasteiger partial charge in [-0.2, -0.15) is 0 Å². The van der Waals surface area contributed by atoms with Crippen LogP contribution in [0.2, 0.25) is 0 Å². The molecule has 3 nitrogen and oxygen atoms in total. The van der Waals surface area contributed by atoms with E-state index < -0.39 is 0 Å². The monoisotopic (exact) mass is 250 g/mol. The predicted molar refractivity (Wildman–Crippen MR) is 71.5 cm³/mol. The van der Waals surface area contributed by atoms with Crippen LogP contribution < -0.4 is 10.6 Å². The van der Waals surface area contributed by atoms with Crippen LogP contribution in [-0.4, -0.2) is 31.8 Å². The molecule has 2 N–H and O–H groups in total. The van der Waals surface area contributed by atoms with Crippen molar-refractivity contribution in [3.8, 4) is 0 Å². The maximum atomic E-state index is 12.0. The van der Waals surface area contributed by atoms with E-state index in [2.05, 4.69) is 10.6 Å². The average molecular weight is 250 g/mol. The first kappa shape index (κ1) is 12.5. The van der Waals surface area contributed by atoms with Gasteiger partial charge >= 0.3 is 0 Å². The van der Waals surface area contributed by atoms with Gasteiger partial charge in [0.15, 0.2) is 0 Å². The number of benzene rings is 1. The van der Waals surface area contributed by atoms with E-state index >= 15 is 0 Å². The van der Waals surface area contributed by atoms with Crippen molar-refractivity contribution >= 4 is 17.7 Å². The van der Waals surface area contributed by atoms with E-state index in [0.29, 0.717) is 5.92 Å². The van der Waals surface area contributed by atoms with E-state index in [9.17, 15) is 4.79 Å². The van der Waals surface area contributed by atoms with Gasteiger partial charge in [-0.3, -0.25) is 4.79 Å². The summed E-state index contributed by atoms with van der Waals surface area (Å²) in [5, 5.41) is 6.33. The Labute approximate surface area is 106 Å². The lowest BCUT2D eigenvalue weighted by atomic mass is 10.1. The van der Waals surface area contributed by atoms with Crippen molar-refractivity contribution < 1.29 is 4.79 Å². The molecule has 2 rings (SSSR count). The number of carbonyl (C=O) groups excluding carboxylic acids is 1. The smallest absolute Gasteiger partial charge is 0.252 e. The number of thioether (sulfide) groups is 1. The van der Waals surface area contributed by atoms with Gasteiger partial charge in [-0.05, 0) is 43.8 Å². The van der Waals surface area contributed by atoms with E-state index in [-0.39, 0.29) is 5.91 Å². The van der Waals surface area contributed by atoms with Crippen molar-refractivity contribution in [3.05, 3.63) is 29.8 Å². The Hall–Kier alpha value is -1.00. The summed E-state index contributed by atoms with van der Waals surface area (Å²) in [6.45, 7) is 2.86. The van der Waals surface area contributed by atoms with Gasteiger partial charge in [-0.25, -0.2) is 0 Å². The average Bonchev–Trinajstić information content (AvgIpc) is 2.89. The highest BCUT2D eigenvalue weighted by molar-refractivity contribution is 7.98. The van der Waals surface area contributed by atoms with Crippen molar-refractivity contribution in [3.63, 3.8) is 0 Å². The first-order valence-electron chi connectivity index (χ1n) is 5.93. The van der Waals surface area contributed by atoms with E-state index in [1.807, 2.05) is 30.5 Å². The minimum atomic E-state index is 0.0434. The standard InChI is InChI=1S/C13H18N2OS/c1-17-12-5-3-2-4-11(12)13(16)15-9-10-6-7-14-8-10/h2-5,10,14H,6-9H2,1H3,(H,15,16). The Morgan fingerprint density at radius 3 is 3.06 bits per heavy atom. The molecule has 1 heterocycles. The molecule has 1 aliphatic rings. The first-order chi connectivity index (χ1) is 8.31. The lowest BCUT2D eigenvalue weighted by Crippen LogP contribution is -2.30. The summed E-state index contributed by atoms with van der Waals surface area (Å²) in [6, 6.07) is 7.74. The molecule has 0 spiro atoms. The van der Waals surface area contributed by atoms with E-state index in [4.69, 9.17) is 0 Å². The minimum absolute atomic E-state index is 0.0434. The molecule has 1 aromatic carbocycles. The van der Waals surface area contributed by atoms with E-state index in [1.54, 1.807) is 11.8 Å². The van der Waals surface area contributed by atoms with E-state index in [0.717, 1.165) is 36.5 Å². The van der Waals surface area contributed by atoms with Crippen LogP contribution in [0.15, 0.2) is 29.2 Å². The number of amides is 1. The molecule has 17 heavy (non-hydrogen) atoms. The molecule has 1 amide bonds. The van der Waals surface area contributed by atoms with Gasteiger partial charge < -0.3 is 10.6 Å². The summed E-state index contributed by atoms with van der Waals surface area (Å²) in [5.41, 5.74) is 0.783.